The number of benzene rings is 1. The van der Waals surface area contributed by atoms with Crippen molar-refractivity contribution in [1.82, 2.24) is 5.32 Å². The molecule has 0 saturated carbocycles. The smallest absolute Gasteiger partial charge is 0.221 e. The van der Waals surface area contributed by atoms with Gasteiger partial charge in [-0.1, -0.05) is 11.6 Å². The lowest BCUT2D eigenvalue weighted by atomic mass is 10.2. The van der Waals surface area contributed by atoms with Crippen LogP contribution in [0.15, 0.2) is 18.2 Å². The molecule has 5 heteroatoms. The molecule has 1 aromatic carbocycles. The molecule has 17 heavy (non-hydrogen) atoms. The molecular weight excluding hydrogens is 240 g/mol. The summed E-state index contributed by atoms with van der Waals surface area (Å²) in [5.41, 5.74) is 6.38. The van der Waals surface area contributed by atoms with Crippen LogP contribution in [0.1, 0.15) is 18.9 Å². The van der Waals surface area contributed by atoms with E-state index in [1.165, 1.54) is 0 Å². The van der Waals surface area contributed by atoms with Gasteiger partial charge in [-0.2, -0.15) is 0 Å². The first-order valence-corrected chi connectivity index (χ1v) is 5.75. The van der Waals surface area contributed by atoms with E-state index < -0.39 is 0 Å². The van der Waals surface area contributed by atoms with Crippen molar-refractivity contribution in [2.45, 2.75) is 25.9 Å². The first-order chi connectivity index (χ1) is 8.02. The molecule has 1 rings (SSSR count). The molecule has 0 spiro atoms. The fourth-order valence-corrected chi connectivity index (χ4v) is 1.64. The molecule has 0 aliphatic rings. The van der Waals surface area contributed by atoms with E-state index in [1.807, 2.05) is 0 Å². The Morgan fingerprint density at radius 3 is 2.88 bits per heavy atom. The Morgan fingerprint density at radius 2 is 2.29 bits per heavy atom. The summed E-state index contributed by atoms with van der Waals surface area (Å²) in [5, 5.41) is 3.39. The highest BCUT2D eigenvalue weighted by atomic mass is 35.5. The molecule has 0 saturated heterocycles. The standard InChI is InChI=1S/C12H17ClN2O2/c1-8(14)5-12(16)15-7-9-6-10(13)3-4-11(9)17-2/h3-4,6,8H,5,7,14H2,1-2H3,(H,15,16). The van der Waals surface area contributed by atoms with Gasteiger partial charge in [0, 0.05) is 29.6 Å². The molecule has 1 amide bonds. The zero-order valence-electron chi connectivity index (χ0n) is 10.00. The Kier molecular flexibility index (Phi) is 5.25. The summed E-state index contributed by atoms with van der Waals surface area (Å²) in [6.07, 6.45) is 0.308. The van der Waals surface area contributed by atoms with Crippen molar-refractivity contribution in [3.63, 3.8) is 0 Å². The summed E-state index contributed by atoms with van der Waals surface area (Å²) in [6.45, 7) is 2.18. The lowest BCUT2D eigenvalue weighted by molar-refractivity contribution is -0.121. The van der Waals surface area contributed by atoms with Gasteiger partial charge in [0.25, 0.3) is 0 Å². The van der Waals surface area contributed by atoms with Crippen LogP contribution >= 0.6 is 11.6 Å². The van der Waals surface area contributed by atoms with Crippen molar-refractivity contribution >= 4 is 17.5 Å². The van der Waals surface area contributed by atoms with E-state index in [4.69, 9.17) is 22.1 Å². The summed E-state index contributed by atoms with van der Waals surface area (Å²) >= 11 is 5.89. The van der Waals surface area contributed by atoms with Gasteiger partial charge in [-0.05, 0) is 25.1 Å². The third kappa shape index (κ3) is 4.63. The molecule has 0 bridgehead atoms. The van der Waals surface area contributed by atoms with E-state index in [2.05, 4.69) is 5.32 Å². The van der Waals surface area contributed by atoms with Crippen LogP contribution in [0.5, 0.6) is 5.75 Å². The highest BCUT2D eigenvalue weighted by Gasteiger charge is 2.07. The maximum Gasteiger partial charge on any atom is 0.221 e. The van der Waals surface area contributed by atoms with Gasteiger partial charge in [0.05, 0.1) is 7.11 Å². The maximum atomic E-state index is 11.4. The molecule has 1 atom stereocenters. The van der Waals surface area contributed by atoms with E-state index in [1.54, 1.807) is 32.2 Å². The molecule has 0 aliphatic carbocycles. The third-order valence-corrected chi connectivity index (χ3v) is 2.46. The molecule has 0 radical (unpaired) electrons. The molecule has 3 N–H and O–H groups in total. The largest absolute Gasteiger partial charge is 0.496 e. The van der Waals surface area contributed by atoms with E-state index in [-0.39, 0.29) is 11.9 Å². The second kappa shape index (κ2) is 6.47. The number of rotatable bonds is 5. The average molecular weight is 257 g/mol. The van der Waals surface area contributed by atoms with Gasteiger partial charge < -0.3 is 15.8 Å². The molecule has 0 aliphatic heterocycles. The van der Waals surface area contributed by atoms with Crippen molar-refractivity contribution in [1.29, 1.82) is 0 Å². The molecule has 4 nitrogen and oxygen atoms in total. The minimum Gasteiger partial charge on any atom is -0.496 e. The van der Waals surface area contributed by atoms with Gasteiger partial charge in [-0.3, -0.25) is 4.79 Å². The third-order valence-electron chi connectivity index (χ3n) is 2.23. The van der Waals surface area contributed by atoms with E-state index >= 15 is 0 Å². The molecule has 1 aromatic rings. The zero-order chi connectivity index (χ0) is 12.8. The van der Waals surface area contributed by atoms with Crippen LogP contribution in [0.3, 0.4) is 0 Å². The molecule has 1 unspecified atom stereocenters. The fraction of sp³-hybridized carbons (Fsp3) is 0.417. The molecule has 0 heterocycles. The van der Waals surface area contributed by atoms with Crippen molar-refractivity contribution in [2.75, 3.05) is 7.11 Å². The quantitative estimate of drug-likeness (QED) is 0.843. The number of hydrogen-bond donors (Lipinski definition) is 2. The molecule has 94 valence electrons. The molecule has 0 fully saturated rings. The van der Waals surface area contributed by atoms with Gasteiger partial charge in [-0.25, -0.2) is 0 Å². The highest BCUT2D eigenvalue weighted by molar-refractivity contribution is 6.30. The van der Waals surface area contributed by atoms with Crippen LogP contribution < -0.4 is 15.8 Å². The van der Waals surface area contributed by atoms with Crippen molar-refractivity contribution in [3.8, 4) is 5.75 Å². The van der Waals surface area contributed by atoms with Gasteiger partial charge in [0.1, 0.15) is 5.75 Å². The van der Waals surface area contributed by atoms with Gasteiger partial charge in [-0.15, -0.1) is 0 Å². The minimum atomic E-state index is -0.142. The predicted octanol–water partition coefficient (Wildman–Crippen LogP) is 1.70. The fourth-order valence-electron chi connectivity index (χ4n) is 1.44. The number of carbonyl (C=O) groups is 1. The first kappa shape index (κ1) is 13.8. The highest BCUT2D eigenvalue weighted by Crippen LogP contribution is 2.22. The predicted molar refractivity (Wildman–Crippen MR) is 68.1 cm³/mol. The average Bonchev–Trinajstić information content (AvgIpc) is 2.25. The van der Waals surface area contributed by atoms with Gasteiger partial charge in [0.2, 0.25) is 5.91 Å². The van der Waals surface area contributed by atoms with Crippen LogP contribution in [0, 0.1) is 0 Å². The first-order valence-electron chi connectivity index (χ1n) is 5.37. The van der Waals surface area contributed by atoms with E-state index in [0.29, 0.717) is 23.7 Å². The van der Waals surface area contributed by atoms with Crippen molar-refractivity contribution in [2.24, 2.45) is 5.73 Å². The van der Waals surface area contributed by atoms with Crippen molar-refractivity contribution < 1.29 is 9.53 Å². The minimum absolute atomic E-state index is 0.0815. The SMILES string of the molecule is COc1ccc(Cl)cc1CNC(=O)CC(C)N. The van der Waals surface area contributed by atoms with Crippen LogP contribution in [0.2, 0.25) is 5.02 Å². The Labute approximate surface area is 106 Å². The van der Waals surface area contributed by atoms with Crippen molar-refractivity contribution in [3.05, 3.63) is 28.8 Å². The second-order valence-electron chi connectivity index (χ2n) is 3.91. The second-order valence-corrected chi connectivity index (χ2v) is 4.35. The zero-order valence-corrected chi connectivity index (χ0v) is 10.8. The van der Waals surface area contributed by atoms with Gasteiger partial charge >= 0.3 is 0 Å². The Balaban J connectivity index is 2.62. The monoisotopic (exact) mass is 256 g/mol. The summed E-state index contributed by atoms with van der Waals surface area (Å²) < 4.78 is 5.18. The Bertz CT molecular complexity index is 394. The summed E-state index contributed by atoms with van der Waals surface area (Å²) in [4.78, 5) is 11.4. The molecule has 0 aromatic heterocycles. The topological polar surface area (TPSA) is 64.3 Å². The van der Waals surface area contributed by atoms with Crippen LogP contribution in [0.4, 0.5) is 0 Å². The van der Waals surface area contributed by atoms with E-state index in [9.17, 15) is 4.79 Å². The number of ether oxygens (including phenoxy) is 1. The number of halogens is 1. The lowest BCUT2D eigenvalue weighted by Crippen LogP contribution is -2.29. The van der Waals surface area contributed by atoms with Crippen LogP contribution in [-0.2, 0) is 11.3 Å². The lowest BCUT2D eigenvalue weighted by Gasteiger charge is -2.11. The number of nitrogens with one attached hydrogen (secondary N) is 1. The Morgan fingerprint density at radius 1 is 1.59 bits per heavy atom. The number of hydrogen-bond acceptors (Lipinski definition) is 3. The van der Waals surface area contributed by atoms with E-state index in [0.717, 1.165) is 5.56 Å². The van der Waals surface area contributed by atoms with Crippen LogP contribution in [0.25, 0.3) is 0 Å². The normalized spacial score (nSPS) is 12.0. The Hall–Kier alpha value is -1.26. The number of nitrogens with two attached hydrogens (primary N) is 1. The van der Waals surface area contributed by atoms with Crippen LogP contribution in [-0.4, -0.2) is 19.1 Å². The number of methoxy groups -OCH3 is 1. The maximum absolute atomic E-state index is 11.4. The summed E-state index contributed by atoms with van der Waals surface area (Å²) in [6, 6.07) is 5.14. The van der Waals surface area contributed by atoms with Gasteiger partial charge in [0.15, 0.2) is 0 Å². The molecular formula is C12H17ClN2O2. The summed E-state index contributed by atoms with van der Waals surface area (Å²) in [7, 11) is 1.58. The number of amides is 1. The number of carbonyl (C=O) groups excluding carboxylic acids is 1. The summed E-state index contributed by atoms with van der Waals surface area (Å²) in [5.74, 6) is 0.623.